The highest BCUT2D eigenvalue weighted by atomic mass is 16.1. The fourth-order valence-corrected chi connectivity index (χ4v) is 3.78. The van der Waals surface area contributed by atoms with Crippen LogP contribution in [-0.4, -0.2) is 61.4 Å². The highest BCUT2D eigenvalue weighted by molar-refractivity contribution is 5.77. The molecule has 2 amide bonds. The molecule has 0 aliphatic carbocycles. The zero-order valence-corrected chi connectivity index (χ0v) is 12.4. The molecule has 0 aromatic carbocycles. The molecule has 20 heavy (non-hydrogen) atoms. The Hall–Kier alpha value is -1.14. The predicted molar refractivity (Wildman–Crippen MR) is 76.6 cm³/mol. The molecule has 0 aromatic heterocycles. The van der Waals surface area contributed by atoms with Crippen LogP contribution in [0.4, 0.5) is 0 Å². The Kier molecular flexibility index (Phi) is 4.65. The van der Waals surface area contributed by atoms with Gasteiger partial charge in [-0.25, -0.2) is 0 Å². The van der Waals surface area contributed by atoms with Crippen molar-refractivity contribution < 1.29 is 9.59 Å². The summed E-state index contributed by atoms with van der Waals surface area (Å²) in [6.07, 6.45) is 2.46. The van der Waals surface area contributed by atoms with Crippen molar-refractivity contribution in [3.63, 3.8) is 0 Å². The molecule has 2 fully saturated rings. The number of hydrogen-bond donors (Lipinski definition) is 2. The summed E-state index contributed by atoms with van der Waals surface area (Å²) in [6.45, 7) is 2.57. The number of primary amides is 2. The monoisotopic (exact) mass is 282 g/mol. The highest BCUT2D eigenvalue weighted by Gasteiger charge is 2.38. The Morgan fingerprint density at radius 3 is 2.25 bits per heavy atom. The lowest BCUT2D eigenvalue weighted by Crippen LogP contribution is -2.53. The molecular formula is C14H26N4O2. The van der Waals surface area contributed by atoms with Crippen molar-refractivity contribution in [2.45, 2.75) is 25.3 Å². The molecule has 2 aliphatic rings. The minimum Gasteiger partial charge on any atom is -0.369 e. The van der Waals surface area contributed by atoms with Crippen molar-refractivity contribution in [2.75, 3.05) is 33.7 Å². The molecule has 2 aliphatic heterocycles. The zero-order valence-electron chi connectivity index (χ0n) is 12.4. The molecule has 0 radical (unpaired) electrons. The van der Waals surface area contributed by atoms with Gasteiger partial charge in [-0.15, -0.1) is 0 Å². The van der Waals surface area contributed by atoms with Crippen LogP contribution in [0.3, 0.4) is 0 Å². The lowest BCUT2D eigenvalue weighted by molar-refractivity contribution is -0.127. The quantitative estimate of drug-likeness (QED) is 0.711. The first-order valence-corrected chi connectivity index (χ1v) is 7.36. The summed E-state index contributed by atoms with van der Waals surface area (Å²) in [5.74, 6) is -0.153. The van der Waals surface area contributed by atoms with E-state index in [9.17, 15) is 9.59 Å². The van der Waals surface area contributed by atoms with Gasteiger partial charge in [0.25, 0.3) is 0 Å². The smallest absolute Gasteiger partial charge is 0.221 e. The molecule has 2 saturated heterocycles. The Balaban J connectivity index is 2.07. The van der Waals surface area contributed by atoms with Gasteiger partial charge in [-0.1, -0.05) is 0 Å². The number of carbonyl (C=O) groups is 2. The van der Waals surface area contributed by atoms with E-state index in [1.165, 1.54) is 0 Å². The minimum absolute atomic E-state index is 0.0320. The van der Waals surface area contributed by atoms with E-state index in [1.807, 2.05) is 7.05 Å². The molecule has 0 spiro atoms. The van der Waals surface area contributed by atoms with Gasteiger partial charge in [0.2, 0.25) is 11.8 Å². The zero-order chi connectivity index (χ0) is 14.9. The molecule has 2 heterocycles. The third kappa shape index (κ3) is 3.30. The van der Waals surface area contributed by atoms with E-state index in [0.29, 0.717) is 12.0 Å². The number of amides is 2. The number of carbonyl (C=O) groups excluding carboxylic acids is 2. The maximum Gasteiger partial charge on any atom is 0.221 e. The second-order valence-electron chi connectivity index (χ2n) is 6.49. The SMILES string of the molecule is CN1CC(C(N)=O)CC(C2CC(C(N)=O)CCN2C)C1. The molecule has 0 bridgehead atoms. The summed E-state index contributed by atoms with van der Waals surface area (Å²) in [5.41, 5.74) is 10.9. The van der Waals surface area contributed by atoms with Gasteiger partial charge in [-0.2, -0.15) is 0 Å². The molecule has 114 valence electrons. The van der Waals surface area contributed by atoms with E-state index in [1.54, 1.807) is 0 Å². The summed E-state index contributed by atoms with van der Waals surface area (Å²) in [4.78, 5) is 27.4. The van der Waals surface area contributed by atoms with Crippen LogP contribution in [0.15, 0.2) is 0 Å². The van der Waals surface area contributed by atoms with Crippen LogP contribution >= 0.6 is 0 Å². The van der Waals surface area contributed by atoms with E-state index >= 15 is 0 Å². The van der Waals surface area contributed by atoms with E-state index < -0.39 is 0 Å². The number of hydrogen-bond acceptors (Lipinski definition) is 4. The standard InChI is InChI=1S/C14H26N4O2/c1-17-7-10(5-11(8-17)14(16)20)12-6-9(13(15)19)3-4-18(12)2/h9-12H,3-8H2,1-2H3,(H2,15,19)(H2,16,20). The van der Waals surface area contributed by atoms with Gasteiger partial charge >= 0.3 is 0 Å². The maximum absolute atomic E-state index is 11.5. The topological polar surface area (TPSA) is 92.7 Å². The Morgan fingerprint density at radius 2 is 1.65 bits per heavy atom. The lowest BCUT2D eigenvalue weighted by Gasteiger charge is -2.45. The molecule has 4 N–H and O–H groups in total. The van der Waals surface area contributed by atoms with E-state index in [2.05, 4.69) is 16.8 Å². The number of nitrogens with two attached hydrogens (primary N) is 2. The lowest BCUT2D eigenvalue weighted by atomic mass is 9.77. The first-order valence-electron chi connectivity index (χ1n) is 7.36. The largest absolute Gasteiger partial charge is 0.369 e. The first-order chi connectivity index (χ1) is 9.38. The third-order valence-electron chi connectivity index (χ3n) is 4.94. The van der Waals surface area contributed by atoms with Crippen LogP contribution in [0.5, 0.6) is 0 Å². The molecule has 6 nitrogen and oxygen atoms in total. The Labute approximate surface area is 120 Å². The molecule has 0 saturated carbocycles. The van der Waals surface area contributed by atoms with Gasteiger partial charge in [0, 0.05) is 25.0 Å². The van der Waals surface area contributed by atoms with Crippen molar-refractivity contribution >= 4 is 11.8 Å². The molecule has 4 atom stereocenters. The molecule has 2 rings (SSSR count). The van der Waals surface area contributed by atoms with E-state index in [-0.39, 0.29) is 23.7 Å². The van der Waals surface area contributed by atoms with E-state index in [0.717, 1.165) is 38.9 Å². The molecule has 4 unspecified atom stereocenters. The summed E-state index contributed by atoms with van der Waals surface area (Å²) < 4.78 is 0. The van der Waals surface area contributed by atoms with E-state index in [4.69, 9.17) is 11.5 Å². The van der Waals surface area contributed by atoms with Crippen LogP contribution in [0, 0.1) is 17.8 Å². The predicted octanol–water partition coefficient (Wildman–Crippen LogP) is -0.765. The third-order valence-corrected chi connectivity index (χ3v) is 4.94. The van der Waals surface area contributed by atoms with Gasteiger partial charge in [-0.3, -0.25) is 9.59 Å². The average molecular weight is 282 g/mol. The number of rotatable bonds is 3. The molecular weight excluding hydrogens is 256 g/mol. The molecule has 0 aromatic rings. The maximum atomic E-state index is 11.5. The second kappa shape index (κ2) is 6.10. The summed E-state index contributed by atoms with van der Waals surface area (Å²) in [5, 5.41) is 0. The van der Waals surface area contributed by atoms with Crippen LogP contribution in [0.25, 0.3) is 0 Å². The summed E-state index contributed by atoms with van der Waals surface area (Å²) >= 11 is 0. The van der Waals surface area contributed by atoms with Crippen LogP contribution < -0.4 is 11.5 Å². The fourth-order valence-electron chi connectivity index (χ4n) is 3.78. The van der Waals surface area contributed by atoms with Crippen LogP contribution in [0.1, 0.15) is 19.3 Å². The van der Waals surface area contributed by atoms with Crippen molar-refractivity contribution in [2.24, 2.45) is 29.2 Å². The summed E-state index contributed by atoms with van der Waals surface area (Å²) in [7, 11) is 4.12. The minimum atomic E-state index is -0.216. The van der Waals surface area contributed by atoms with Gasteiger partial charge in [0.15, 0.2) is 0 Å². The van der Waals surface area contributed by atoms with Crippen molar-refractivity contribution in [3.8, 4) is 0 Å². The van der Waals surface area contributed by atoms with Gasteiger partial charge in [0.1, 0.15) is 0 Å². The fraction of sp³-hybridized carbons (Fsp3) is 0.857. The van der Waals surface area contributed by atoms with Crippen LogP contribution in [-0.2, 0) is 9.59 Å². The second-order valence-corrected chi connectivity index (χ2v) is 6.49. The first kappa shape index (κ1) is 15.3. The van der Waals surface area contributed by atoms with Crippen LogP contribution in [0.2, 0.25) is 0 Å². The molecule has 6 heteroatoms. The van der Waals surface area contributed by atoms with Gasteiger partial charge < -0.3 is 21.3 Å². The Morgan fingerprint density at radius 1 is 1.00 bits per heavy atom. The van der Waals surface area contributed by atoms with Gasteiger partial charge in [0.05, 0.1) is 5.92 Å². The van der Waals surface area contributed by atoms with Crippen molar-refractivity contribution in [1.29, 1.82) is 0 Å². The van der Waals surface area contributed by atoms with Crippen molar-refractivity contribution in [3.05, 3.63) is 0 Å². The average Bonchev–Trinajstić information content (AvgIpc) is 2.38. The van der Waals surface area contributed by atoms with Gasteiger partial charge in [-0.05, 0) is 45.8 Å². The number of likely N-dealkylation sites (tertiary alicyclic amines) is 2. The summed E-state index contributed by atoms with van der Waals surface area (Å²) in [6, 6.07) is 0.311. The highest BCUT2D eigenvalue weighted by Crippen LogP contribution is 2.32. The Bertz CT molecular complexity index is 387. The normalized spacial score (nSPS) is 36.7. The number of nitrogens with zero attached hydrogens (tertiary/aromatic N) is 2. The van der Waals surface area contributed by atoms with Crippen molar-refractivity contribution in [1.82, 2.24) is 9.80 Å². The number of piperidine rings is 2.